The van der Waals surface area contributed by atoms with E-state index in [2.05, 4.69) is 11.9 Å². The molecule has 1 saturated heterocycles. The van der Waals surface area contributed by atoms with Crippen molar-refractivity contribution in [2.24, 2.45) is 5.92 Å². The molecule has 1 aliphatic rings. The summed E-state index contributed by atoms with van der Waals surface area (Å²) in [4.78, 5) is 2.28. The maximum absolute atomic E-state index is 11.6. The molecule has 0 radical (unpaired) electrons. The van der Waals surface area contributed by atoms with Gasteiger partial charge in [-0.2, -0.15) is 0 Å². The number of likely N-dealkylation sites (N-methyl/N-ethyl adjacent to an activating group) is 1. The van der Waals surface area contributed by atoms with Gasteiger partial charge in [0.15, 0.2) is 0 Å². The number of likely N-dealkylation sites (tertiary alicyclic amines) is 1. The third kappa shape index (κ3) is 4.69. The number of aliphatic hydroxyl groups is 2. The molecule has 3 nitrogen and oxygen atoms in total. The fourth-order valence-corrected chi connectivity index (χ4v) is 3.37. The summed E-state index contributed by atoms with van der Waals surface area (Å²) >= 11 is 0. The van der Waals surface area contributed by atoms with E-state index < -0.39 is 5.60 Å². The summed E-state index contributed by atoms with van der Waals surface area (Å²) < 4.78 is 0. The van der Waals surface area contributed by atoms with Crippen LogP contribution in [0, 0.1) is 5.92 Å². The zero-order valence-corrected chi connectivity index (χ0v) is 15.6. The average Bonchev–Trinajstić information content (AvgIpc) is 3.09. The Kier molecular flexibility index (Phi) is 7.18. The van der Waals surface area contributed by atoms with E-state index in [0.29, 0.717) is 12.5 Å². The molecule has 25 heavy (non-hydrogen) atoms. The van der Waals surface area contributed by atoms with E-state index >= 15 is 0 Å². The van der Waals surface area contributed by atoms with Gasteiger partial charge in [0.2, 0.25) is 0 Å². The zero-order valence-electron chi connectivity index (χ0n) is 15.6. The number of hydrogen-bond donors (Lipinski definition) is 2. The molecule has 136 valence electrons. The lowest BCUT2D eigenvalue weighted by molar-refractivity contribution is 0.00469. The van der Waals surface area contributed by atoms with Crippen molar-refractivity contribution in [3.8, 4) is 0 Å². The quantitative estimate of drug-likeness (QED) is 0.892. The van der Waals surface area contributed by atoms with Crippen LogP contribution in [0.3, 0.4) is 0 Å². The van der Waals surface area contributed by atoms with Gasteiger partial charge in [-0.05, 0) is 43.5 Å². The number of aliphatic hydroxyl groups excluding tert-OH is 1. The van der Waals surface area contributed by atoms with Gasteiger partial charge < -0.3 is 10.2 Å². The first-order valence-corrected chi connectivity index (χ1v) is 9.14. The minimum Gasteiger partial charge on any atom is -0.396 e. The van der Waals surface area contributed by atoms with Gasteiger partial charge in [0.25, 0.3) is 0 Å². The number of hydrogen-bond acceptors (Lipinski definition) is 3. The van der Waals surface area contributed by atoms with Gasteiger partial charge in [0.05, 0.1) is 0 Å². The van der Waals surface area contributed by atoms with Crippen molar-refractivity contribution in [1.29, 1.82) is 0 Å². The second-order valence-electron chi connectivity index (χ2n) is 7.21. The Labute approximate surface area is 151 Å². The smallest absolute Gasteiger partial charge is 0.130 e. The van der Waals surface area contributed by atoms with Gasteiger partial charge in [-0.25, -0.2) is 0 Å². The van der Waals surface area contributed by atoms with Crippen LogP contribution in [-0.4, -0.2) is 41.4 Å². The minimum atomic E-state index is -0.937. The molecule has 3 rings (SSSR count). The molecule has 1 fully saturated rings. The molecule has 1 atom stereocenters. The van der Waals surface area contributed by atoms with E-state index in [-0.39, 0.29) is 6.04 Å². The Morgan fingerprint density at radius 1 is 1.00 bits per heavy atom. The second kappa shape index (κ2) is 9.14. The van der Waals surface area contributed by atoms with Crippen molar-refractivity contribution in [3.63, 3.8) is 0 Å². The highest BCUT2D eigenvalue weighted by Crippen LogP contribution is 2.39. The zero-order chi connectivity index (χ0) is 18.3. The first-order chi connectivity index (χ1) is 12.0. The molecule has 2 N–H and O–H groups in total. The van der Waals surface area contributed by atoms with Crippen molar-refractivity contribution < 1.29 is 10.2 Å². The maximum Gasteiger partial charge on any atom is 0.130 e. The van der Waals surface area contributed by atoms with Gasteiger partial charge in [-0.1, -0.05) is 74.5 Å². The highest BCUT2D eigenvalue weighted by Gasteiger charge is 2.43. The Balaban J connectivity index is 0.000000399. The summed E-state index contributed by atoms with van der Waals surface area (Å²) in [5, 5.41) is 19.7. The predicted octanol–water partition coefficient (Wildman–Crippen LogP) is 3.65. The maximum atomic E-state index is 11.6. The summed E-state index contributed by atoms with van der Waals surface area (Å²) in [7, 11) is 2.11. The standard InChI is InChI=1S/C18H21NO.C4H10O/c1-19-14-8-13-17(19)18(20,15-9-4-2-5-10-15)16-11-6-3-7-12-16;1-4(2)3-5/h2-7,9-12,17,20H,8,13-14H2,1H3;4-5H,3H2,1-2H3/t17-;/m0./s1. The Hall–Kier alpha value is -1.68. The van der Waals surface area contributed by atoms with Crippen LogP contribution in [-0.2, 0) is 5.60 Å². The van der Waals surface area contributed by atoms with Crippen LogP contribution in [0.5, 0.6) is 0 Å². The third-order valence-corrected chi connectivity index (χ3v) is 4.80. The van der Waals surface area contributed by atoms with Crippen molar-refractivity contribution in [2.45, 2.75) is 38.3 Å². The normalized spacial score (nSPS) is 18.1. The molecule has 0 aromatic heterocycles. The molecule has 2 aromatic rings. The van der Waals surface area contributed by atoms with Gasteiger partial charge in [0.1, 0.15) is 5.60 Å². The predicted molar refractivity (Wildman–Crippen MR) is 103 cm³/mol. The molecule has 3 heteroatoms. The fraction of sp³-hybridized carbons (Fsp3) is 0.455. The first kappa shape index (κ1) is 19.6. The summed E-state index contributed by atoms with van der Waals surface area (Å²) in [5.41, 5.74) is 1.02. The average molecular weight is 341 g/mol. The van der Waals surface area contributed by atoms with Gasteiger partial charge in [-0.3, -0.25) is 4.90 Å². The first-order valence-electron chi connectivity index (χ1n) is 9.14. The highest BCUT2D eigenvalue weighted by molar-refractivity contribution is 5.38. The lowest BCUT2D eigenvalue weighted by atomic mass is 9.79. The van der Waals surface area contributed by atoms with Crippen LogP contribution in [0.1, 0.15) is 37.8 Å². The number of benzene rings is 2. The molecule has 2 aromatic carbocycles. The Morgan fingerprint density at radius 2 is 1.44 bits per heavy atom. The Morgan fingerprint density at radius 3 is 1.76 bits per heavy atom. The molecule has 1 aliphatic heterocycles. The van der Waals surface area contributed by atoms with Gasteiger partial charge >= 0.3 is 0 Å². The highest BCUT2D eigenvalue weighted by atomic mass is 16.3. The SMILES string of the molecule is CC(C)CO.CN1CCC[C@H]1C(O)(c1ccccc1)c1ccccc1. The molecule has 0 aliphatic carbocycles. The van der Waals surface area contributed by atoms with Crippen LogP contribution < -0.4 is 0 Å². The van der Waals surface area contributed by atoms with E-state index in [0.717, 1.165) is 30.5 Å². The fourth-order valence-electron chi connectivity index (χ4n) is 3.37. The van der Waals surface area contributed by atoms with Gasteiger partial charge in [-0.15, -0.1) is 0 Å². The topological polar surface area (TPSA) is 43.7 Å². The summed E-state index contributed by atoms with van der Waals surface area (Å²) in [5.74, 6) is 0.440. The van der Waals surface area contributed by atoms with E-state index in [1.54, 1.807) is 0 Å². The van der Waals surface area contributed by atoms with Crippen molar-refractivity contribution in [3.05, 3.63) is 71.8 Å². The van der Waals surface area contributed by atoms with E-state index in [4.69, 9.17) is 5.11 Å². The lowest BCUT2D eigenvalue weighted by Crippen LogP contribution is -2.46. The second-order valence-corrected chi connectivity index (χ2v) is 7.21. The molecule has 0 amide bonds. The largest absolute Gasteiger partial charge is 0.396 e. The van der Waals surface area contributed by atoms with E-state index in [1.165, 1.54) is 0 Å². The van der Waals surface area contributed by atoms with Crippen LogP contribution >= 0.6 is 0 Å². The van der Waals surface area contributed by atoms with Crippen LogP contribution in [0.25, 0.3) is 0 Å². The van der Waals surface area contributed by atoms with Crippen LogP contribution in [0.4, 0.5) is 0 Å². The Bertz CT molecular complexity index is 573. The lowest BCUT2D eigenvalue weighted by Gasteiger charge is -2.38. The van der Waals surface area contributed by atoms with Gasteiger partial charge in [0, 0.05) is 12.6 Å². The summed E-state index contributed by atoms with van der Waals surface area (Å²) in [6.45, 7) is 5.30. The van der Waals surface area contributed by atoms with Crippen molar-refractivity contribution >= 4 is 0 Å². The molecular weight excluding hydrogens is 310 g/mol. The third-order valence-electron chi connectivity index (χ3n) is 4.80. The molecular formula is C22H31NO2. The van der Waals surface area contributed by atoms with Crippen LogP contribution in [0.15, 0.2) is 60.7 Å². The molecule has 1 heterocycles. The number of rotatable bonds is 4. The molecule has 0 unspecified atom stereocenters. The number of nitrogens with zero attached hydrogens (tertiary/aromatic N) is 1. The summed E-state index contributed by atoms with van der Waals surface area (Å²) in [6, 6.07) is 20.2. The van der Waals surface area contributed by atoms with Crippen LogP contribution in [0.2, 0.25) is 0 Å². The van der Waals surface area contributed by atoms with E-state index in [9.17, 15) is 5.11 Å². The molecule has 0 saturated carbocycles. The minimum absolute atomic E-state index is 0.132. The molecule has 0 bridgehead atoms. The monoisotopic (exact) mass is 341 g/mol. The van der Waals surface area contributed by atoms with E-state index in [1.807, 2.05) is 74.5 Å². The van der Waals surface area contributed by atoms with Crippen molar-refractivity contribution in [2.75, 3.05) is 20.2 Å². The summed E-state index contributed by atoms with van der Waals surface area (Å²) in [6.07, 6.45) is 2.17. The molecule has 0 spiro atoms. The van der Waals surface area contributed by atoms with Crippen molar-refractivity contribution in [1.82, 2.24) is 4.90 Å².